The molecule has 1 amide bonds. The summed E-state index contributed by atoms with van der Waals surface area (Å²) in [6, 6.07) is 0.730. The van der Waals surface area contributed by atoms with Gasteiger partial charge in [0.25, 0.3) is 0 Å². The molecule has 3 aliphatic rings. The van der Waals surface area contributed by atoms with Crippen molar-refractivity contribution in [3.05, 3.63) is 29.8 Å². The van der Waals surface area contributed by atoms with Gasteiger partial charge in [-0.05, 0) is 56.9 Å². The molecule has 3 heterocycles. The second-order valence-electron chi connectivity index (χ2n) is 7.69. The van der Waals surface area contributed by atoms with Crippen molar-refractivity contribution in [2.45, 2.75) is 69.0 Å². The molecule has 5 nitrogen and oxygen atoms in total. The second kappa shape index (κ2) is 6.48. The number of carbonyl (C=O) groups is 2. The molecule has 25 heavy (non-hydrogen) atoms. The molecule has 1 aromatic heterocycles. The first-order chi connectivity index (χ1) is 12.1. The number of pyridine rings is 1. The summed E-state index contributed by atoms with van der Waals surface area (Å²) >= 11 is 0. The van der Waals surface area contributed by atoms with Gasteiger partial charge < -0.3 is 10.6 Å². The fraction of sp³-hybridized carbons (Fsp3) is 0.632. The SMILES string of the molecule is N[C@H]1CCC[C@H]2CC[C@@H](C(=O)C3CC(c4cnccc4F)C3)N2C1=O. The maximum atomic E-state index is 13.9. The van der Waals surface area contributed by atoms with E-state index in [0.29, 0.717) is 24.8 Å². The Morgan fingerprint density at radius 1 is 1.24 bits per heavy atom. The van der Waals surface area contributed by atoms with E-state index >= 15 is 0 Å². The Morgan fingerprint density at radius 3 is 2.80 bits per heavy atom. The van der Waals surface area contributed by atoms with Gasteiger partial charge in [0.1, 0.15) is 5.82 Å². The van der Waals surface area contributed by atoms with Crippen LogP contribution in [0, 0.1) is 11.7 Å². The highest BCUT2D eigenvalue weighted by molar-refractivity contribution is 5.93. The third-order valence-electron chi connectivity index (χ3n) is 6.23. The number of amides is 1. The summed E-state index contributed by atoms with van der Waals surface area (Å²) in [5.74, 6) is -0.193. The topological polar surface area (TPSA) is 76.3 Å². The summed E-state index contributed by atoms with van der Waals surface area (Å²) in [5.41, 5.74) is 6.58. The van der Waals surface area contributed by atoms with E-state index in [1.54, 1.807) is 11.1 Å². The summed E-state index contributed by atoms with van der Waals surface area (Å²) in [5, 5.41) is 0. The Labute approximate surface area is 146 Å². The molecule has 0 bridgehead atoms. The monoisotopic (exact) mass is 345 g/mol. The van der Waals surface area contributed by atoms with E-state index < -0.39 is 6.04 Å². The number of halogens is 1. The Bertz CT molecular complexity index is 689. The molecule has 1 aliphatic carbocycles. The lowest BCUT2D eigenvalue weighted by Crippen LogP contribution is -2.52. The van der Waals surface area contributed by atoms with Crippen molar-refractivity contribution in [3.63, 3.8) is 0 Å². The first-order valence-electron chi connectivity index (χ1n) is 9.27. The maximum absolute atomic E-state index is 13.9. The molecular formula is C19H24FN3O2. The van der Waals surface area contributed by atoms with Crippen molar-refractivity contribution in [2.75, 3.05) is 0 Å². The predicted octanol–water partition coefficient (Wildman–Crippen LogP) is 2.15. The van der Waals surface area contributed by atoms with Crippen LogP contribution in [-0.4, -0.2) is 39.7 Å². The van der Waals surface area contributed by atoms with Crippen LogP contribution < -0.4 is 5.73 Å². The highest BCUT2D eigenvalue weighted by atomic mass is 19.1. The summed E-state index contributed by atoms with van der Waals surface area (Å²) in [6.45, 7) is 0. The van der Waals surface area contributed by atoms with Crippen molar-refractivity contribution in [2.24, 2.45) is 11.7 Å². The minimum absolute atomic E-state index is 0.0574. The molecule has 134 valence electrons. The Hall–Kier alpha value is -1.82. The molecule has 2 aliphatic heterocycles. The van der Waals surface area contributed by atoms with Gasteiger partial charge in [-0.15, -0.1) is 0 Å². The van der Waals surface area contributed by atoms with Gasteiger partial charge in [-0.3, -0.25) is 14.6 Å². The number of rotatable bonds is 3. The Balaban J connectivity index is 1.44. The normalized spacial score (nSPS) is 35.0. The van der Waals surface area contributed by atoms with Crippen molar-refractivity contribution in [1.29, 1.82) is 0 Å². The first kappa shape index (κ1) is 16.6. The number of hydrogen-bond donors (Lipinski definition) is 1. The van der Waals surface area contributed by atoms with E-state index in [1.807, 2.05) is 0 Å². The van der Waals surface area contributed by atoms with Crippen LogP contribution in [0.3, 0.4) is 0 Å². The molecule has 0 radical (unpaired) electrons. The average Bonchev–Trinajstić information content (AvgIpc) is 2.92. The van der Waals surface area contributed by atoms with Gasteiger partial charge >= 0.3 is 0 Å². The molecule has 3 atom stereocenters. The lowest BCUT2D eigenvalue weighted by Gasteiger charge is -2.38. The van der Waals surface area contributed by atoms with Crippen molar-refractivity contribution >= 4 is 11.7 Å². The molecular weight excluding hydrogens is 321 g/mol. The lowest BCUT2D eigenvalue weighted by molar-refractivity contribution is -0.142. The van der Waals surface area contributed by atoms with Crippen LogP contribution in [0.15, 0.2) is 18.5 Å². The van der Waals surface area contributed by atoms with Crippen molar-refractivity contribution in [1.82, 2.24) is 9.88 Å². The van der Waals surface area contributed by atoms with E-state index in [0.717, 1.165) is 25.7 Å². The maximum Gasteiger partial charge on any atom is 0.240 e. The zero-order chi connectivity index (χ0) is 17.6. The number of Topliss-reactive ketones (excluding diaryl/α,β-unsaturated/α-hetero) is 1. The summed E-state index contributed by atoms with van der Waals surface area (Å²) in [6.07, 6.45) is 8.52. The number of carbonyl (C=O) groups excluding carboxylic acids is 2. The largest absolute Gasteiger partial charge is 0.328 e. The minimum atomic E-state index is -0.475. The zero-order valence-electron chi connectivity index (χ0n) is 14.2. The van der Waals surface area contributed by atoms with Gasteiger partial charge in [-0.2, -0.15) is 0 Å². The number of ketones is 1. The lowest BCUT2D eigenvalue weighted by atomic mass is 9.68. The van der Waals surface area contributed by atoms with Crippen LogP contribution >= 0.6 is 0 Å². The predicted molar refractivity (Wildman–Crippen MR) is 90.1 cm³/mol. The molecule has 3 fully saturated rings. The van der Waals surface area contributed by atoms with Gasteiger partial charge in [0, 0.05) is 29.9 Å². The van der Waals surface area contributed by atoms with E-state index in [-0.39, 0.29) is 41.4 Å². The minimum Gasteiger partial charge on any atom is -0.328 e. The fourth-order valence-electron chi connectivity index (χ4n) is 4.73. The molecule has 6 heteroatoms. The molecule has 2 saturated heterocycles. The van der Waals surface area contributed by atoms with Gasteiger partial charge in [0.15, 0.2) is 5.78 Å². The third kappa shape index (κ3) is 2.86. The number of nitrogens with two attached hydrogens (primary N) is 1. The first-order valence-corrected chi connectivity index (χ1v) is 9.27. The number of nitrogens with zero attached hydrogens (tertiary/aromatic N) is 2. The zero-order valence-corrected chi connectivity index (χ0v) is 14.2. The second-order valence-corrected chi connectivity index (χ2v) is 7.69. The Morgan fingerprint density at radius 2 is 2.04 bits per heavy atom. The van der Waals surface area contributed by atoms with E-state index in [2.05, 4.69) is 4.98 Å². The van der Waals surface area contributed by atoms with Gasteiger partial charge in [-0.1, -0.05) is 0 Å². The average molecular weight is 345 g/mol. The summed E-state index contributed by atoms with van der Waals surface area (Å²) in [7, 11) is 0. The standard InChI is InChI=1S/C19H24FN3O2/c20-15-6-7-22-10-14(15)11-8-12(9-11)18(24)17-5-4-13-2-1-3-16(21)19(25)23(13)17/h6-7,10-13,16-17H,1-5,8-9,21H2/t11?,12?,13-,16-,17-/m0/s1. The number of fused-ring (bicyclic) bond motifs is 1. The van der Waals surface area contributed by atoms with Crippen LogP contribution in [0.4, 0.5) is 4.39 Å². The summed E-state index contributed by atoms with van der Waals surface area (Å²) < 4.78 is 13.9. The highest BCUT2D eigenvalue weighted by Gasteiger charge is 2.47. The Kier molecular flexibility index (Phi) is 4.31. The van der Waals surface area contributed by atoms with Crippen molar-refractivity contribution < 1.29 is 14.0 Å². The molecule has 0 spiro atoms. The van der Waals surface area contributed by atoms with Crippen LogP contribution in [0.1, 0.15) is 56.4 Å². The van der Waals surface area contributed by atoms with Crippen LogP contribution in [0.25, 0.3) is 0 Å². The van der Waals surface area contributed by atoms with Crippen LogP contribution in [0.2, 0.25) is 0 Å². The fourth-order valence-corrected chi connectivity index (χ4v) is 4.73. The molecule has 0 unspecified atom stereocenters. The highest BCUT2D eigenvalue weighted by Crippen LogP contribution is 2.45. The molecule has 1 saturated carbocycles. The molecule has 1 aromatic rings. The van der Waals surface area contributed by atoms with E-state index in [1.165, 1.54) is 12.3 Å². The third-order valence-corrected chi connectivity index (χ3v) is 6.23. The summed E-state index contributed by atoms with van der Waals surface area (Å²) in [4.78, 5) is 31.3. The smallest absolute Gasteiger partial charge is 0.240 e. The molecule has 0 aromatic carbocycles. The number of aromatic nitrogens is 1. The number of hydrogen-bond acceptors (Lipinski definition) is 4. The molecule has 4 rings (SSSR count). The van der Waals surface area contributed by atoms with E-state index in [4.69, 9.17) is 5.73 Å². The van der Waals surface area contributed by atoms with Crippen LogP contribution in [0.5, 0.6) is 0 Å². The van der Waals surface area contributed by atoms with Crippen LogP contribution in [-0.2, 0) is 9.59 Å². The van der Waals surface area contributed by atoms with Gasteiger partial charge in [0.05, 0.1) is 12.1 Å². The van der Waals surface area contributed by atoms with Crippen molar-refractivity contribution in [3.8, 4) is 0 Å². The quantitative estimate of drug-likeness (QED) is 0.911. The molecule has 2 N–H and O–H groups in total. The van der Waals surface area contributed by atoms with Gasteiger partial charge in [-0.25, -0.2) is 4.39 Å². The van der Waals surface area contributed by atoms with E-state index in [9.17, 15) is 14.0 Å². The van der Waals surface area contributed by atoms with Gasteiger partial charge in [0.2, 0.25) is 5.91 Å².